The fourth-order valence-corrected chi connectivity index (χ4v) is 3.24. The maximum atomic E-state index is 12.1. The van der Waals surface area contributed by atoms with Gasteiger partial charge in [-0.2, -0.15) is 9.61 Å². The smallest absolute Gasteiger partial charge is 0.234 e. The number of fused-ring (bicyclic) bond motifs is 1. The molecule has 0 aliphatic rings. The Bertz CT molecular complexity index is 834. The van der Waals surface area contributed by atoms with E-state index in [1.54, 1.807) is 4.52 Å². The van der Waals surface area contributed by atoms with Crippen LogP contribution in [0, 0.1) is 0 Å². The number of aryl methyl sites for hydroxylation is 2. The van der Waals surface area contributed by atoms with E-state index in [-0.39, 0.29) is 11.8 Å². The molecule has 0 fully saturated rings. The Labute approximate surface area is 144 Å². The first-order valence-corrected chi connectivity index (χ1v) is 8.98. The van der Waals surface area contributed by atoms with Gasteiger partial charge in [0.1, 0.15) is 5.01 Å². The highest BCUT2D eigenvalue weighted by Crippen LogP contribution is 2.19. The van der Waals surface area contributed by atoms with Gasteiger partial charge in [-0.3, -0.25) is 4.79 Å². The van der Waals surface area contributed by atoms with Gasteiger partial charge < -0.3 is 5.32 Å². The van der Waals surface area contributed by atoms with Crippen LogP contribution >= 0.6 is 11.3 Å². The van der Waals surface area contributed by atoms with Crippen molar-refractivity contribution in [3.05, 3.63) is 40.7 Å². The second kappa shape index (κ2) is 7.09. The van der Waals surface area contributed by atoms with Crippen molar-refractivity contribution in [2.24, 2.45) is 0 Å². The number of nitrogens with zero attached hydrogens (tertiary/aromatic N) is 4. The van der Waals surface area contributed by atoms with Gasteiger partial charge in [-0.05, 0) is 24.1 Å². The van der Waals surface area contributed by atoms with Crippen molar-refractivity contribution in [2.45, 2.75) is 46.0 Å². The van der Waals surface area contributed by atoms with E-state index >= 15 is 0 Å². The van der Waals surface area contributed by atoms with E-state index in [0.717, 1.165) is 27.9 Å². The quantitative estimate of drug-likeness (QED) is 0.744. The molecule has 3 rings (SSSR count). The number of benzene rings is 1. The minimum atomic E-state index is -0.00528. The number of amides is 1. The first-order chi connectivity index (χ1) is 11.6. The first kappa shape index (κ1) is 16.6. The fraction of sp³-hybridized carbons (Fsp3) is 0.412. The largest absolute Gasteiger partial charge is 0.326 e. The number of carbonyl (C=O) groups excluding carboxylic acids is 1. The summed E-state index contributed by atoms with van der Waals surface area (Å²) >= 11 is 1.49. The summed E-state index contributed by atoms with van der Waals surface area (Å²) in [6.07, 6.45) is 1.99. The molecule has 0 aliphatic carbocycles. The topological polar surface area (TPSA) is 72.2 Å². The summed E-state index contributed by atoms with van der Waals surface area (Å²) in [5.74, 6) is 1.12. The van der Waals surface area contributed by atoms with Crippen molar-refractivity contribution in [1.82, 2.24) is 19.8 Å². The Morgan fingerprint density at radius 2 is 2.00 bits per heavy atom. The third-order valence-corrected chi connectivity index (χ3v) is 4.74. The lowest BCUT2D eigenvalue weighted by molar-refractivity contribution is -0.116. The molecule has 1 amide bonds. The number of hydrogen-bond donors (Lipinski definition) is 1. The SMILES string of the molecule is CCc1ccc(NC(=O)CCc2nn3c(C(C)C)nnc3s2)cc1. The van der Waals surface area contributed by atoms with Crippen LogP contribution < -0.4 is 5.32 Å². The van der Waals surface area contributed by atoms with Gasteiger partial charge in [0, 0.05) is 24.4 Å². The molecule has 2 aromatic heterocycles. The van der Waals surface area contributed by atoms with Crippen LogP contribution in [-0.2, 0) is 17.6 Å². The Balaban J connectivity index is 1.59. The second-order valence-electron chi connectivity index (χ2n) is 6.00. The molecule has 0 spiro atoms. The minimum Gasteiger partial charge on any atom is -0.326 e. The summed E-state index contributed by atoms with van der Waals surface area (Å²) in [6.45, 7) is 6.23. The third-order valence-electron chi connectivity index (χ3n) is 3.79. The van der Waals surface area contributed by atoms with Crippen LogP contribution in [0.5, 0.6) is 0 Å². The average Bonchev–Trinajstić information content (AvgIpc) is 3.13. The molecule has 1 N–H and O–H groups in total. The molecule has 0 bridgehead atoms. The van der Waals surface area contributed by atoms with E-state index in [9.17, 15) is 4.79 Å². The number of nitrogens with one attached hydrogen (secondary N) is 1. The maximum absolute atomic E-state index is 12.1. The maximum Gasteiger partial charge on any atom is 0.234 e. The highest BCUT2D eigenvalue weighted by atomic mass is 32.1. The first-order valence-electron chi connectivity index (χ1n) is 8.16. The molecule has 0 saturated carbocycles. The zero-order chi connectivity index (χ0) is 17.1. The van der Waals surface area contributed by atoms with Crippen molar-refractivity contribution in [1.29, 1.82) is 0 Å². The van der Waals surface area contributed by atoms with Crippen molar-refractivity contribution in [3.8, 4) is 0 Å². The number of rotatable bonds is 6. The van der Waals surface area contributed by atoms with Crippen LogP contribution in [0.1, 0.15) is 49.5 Å². The van der Waals surface area contributed by atoms with Gasteiger partial charge in [0.05, 0.1) is 0 Å². The molecule has 0 radical (unpaired) electrons. The van der Waals surface area contributed by atoms with E-state index in [4.69, 9.17) is 0 Å². The number of carbonyl (C=O) groups is 1. The molecule has 7 heteroatoms. The Morgan fingerprint density at radius 1 is 1.25 bits per heavy atom. The van der Waals surface area contributed by atoms with Crippen molar-refractivity contribution in [2.75, 3.05) is 5.32 Å². The van der Waals surface area contributed by atoms with Gasteiger partial charge in [-0.15, -0.1) is 10.2 Å². The summed E-state index contributed by atoms with van der Waals surface area (Å²) in [7, 11) is 0. The Kier molecular flexibility index (Phi) is 4.89. The number of anilines is 1. The molecule has 24 heavy (non-hydrogen) atoms. The zero-order valence-electron chi connectivity index (χ0n) is 14.1. The van der Waals surface area contributed by atoms with E-state index < -0.39 is 0 Å². The predicted molar refractivity (Wildman–Crippen MR) is 95.5 cm³/mol. The van der Waals surface area contributed by atoms with Gasteiger partial charge in [-0.25, -0.2) is 0 Å². The van der Waals surface area contributed by atoms with Gasteiger partial charge in [0.15, 0.2) is 5.82 Å². The summed E-state index contributed by atoms with van der Waals surface area (Å²) in [4.78, 5) is 12.9. The molecular weight excluding hydrogens is 322 g/mol. The molecule has 0 saturated heterocycles. The van der Waals surface area contributed by atoms with E-state index in [0.29, 0.717) is 12.8 Å². The molecule has 0 unspecified atom stereocenters. The van der Waals surface area contributed by atoms with Gasteiger partial charge >= 0.3 is 0 Å². The molecule has 3 aromatic rings. The van der Waals surface area contributed by atoms with Crippen molar-refractivity contribution in [3.63, 3.8) is 0 Å². The molecule has 1 aromatic carbocycles. The highest BCUT2D eigenvalue weighted by molar-refractivity contribution is 7.16. The second-order valence-corrected chi connectivity index (χ2v) is 7.04. The van der Waals surface area contributed by atoms with Crippen molar-refractivity contribution < 1.29 is 4.79 Å². The van der Waals surface area contributed by atoms with Crippen LogP contribution in [0.15, 0.2) is 24.3 Å². The van der Waals surface area contributed by atoms with E-state index in [1.807, 2.05) is 24.3 Å². The standard InChI is InChI=1S/C17H21N5OS/c1-4-12-5-7-13(8-6-12)18-14(23)9-10-15-21-22-16(11(2)3)19-20-17(22)24-15/h5-8,11H,4,9-10H2,1-3H3,(H,18,23). The summed E-state index contributed by atoms with van der Waals surface area (Å²) in [6, 6.07) is 7.95. The van der Waals surface area contributed by atoms with Crippen LogP contribution in [0.25, 0.3) is 4.96 Å². The van der Waals surface area contributed by atoms with Crippen LogP contribution in [-0.4, -0.2) is 25.7 Å². The molecule has 126 valence electrons. The van der Waals surface area contributed by atoms with Crippen LogP contribution in [0.3, 0.4) is 0 Å². The molecular formula is C17H21N5OS. The molecule has 6 nitrogen and oxygen atoms in total. The van der Waals surface area contributed by atoms with E-state index in [1.165, 1.54) is 16.9 Å². The average molecular weight is 343 g/mol. The molecule has 0 aliphatic heterocycles. The Hall–Kier alpha value is -2.28. The molecule has 0 atom stereocenters. The monoisotopic (exact) mass is 343 g/mol. The van der Waals surface area contributed by atoms with Crippen molar-refractivity contribution >= 4 is 27.9 Å². The van der Waals surface area contributed by atoms with Gasteiger partial charge in [-0.1, -0.05) is 44.2 Å². The number of aromatic nitrogens is 4. The lowest BCUT2D eigenvalue weighted by Gasteiger charge is -2.05. The van der Waals surface area contributed by atoms with Crippen LogP contribution in [0.4, 0.5) is 5.69 Å². The van der Waals surface area contributed by atoms with E-state index in [2.05, 4.69) is 41.4 Å². The third kappa shape index (κ3) is 3.62. The Morgan fingerprint density at radius 3 is 2.67 bits per heavy atom. The van der Waals surface area contributed by atoms with Gasteiger partial charge in [0.2, 0.25) is 10.9 Å². The zero-order valence-corrected chi connectivity index (χ0v) is 14.9. The predicted octanol–water partition coefficient (Wildman–Crippen LogP) is 3.44. The van der Waals surface area contributed by atoms with Gasteiger partial charge in [0.25, 0.3) is 0 Å². The lowest BCUT2D eigenvalue weighted by Crippen LogP contribution is -2.12. The summed E-state index contributed by atoms with van der Waals surface area (Å²) < 4.78 is 1.78. The summed E-state index contributed by atoms with van der Waals surface area (Å²) in [5.41, 5.74) is 2.09. The minimum absolute atomic E-state index is 0.00528. The van der Waals surface area contributed by atoms with Crippen LogP contribution in [0.2, 0.25) is 0 Å². The normalized spacial score (nSPS) is 11.3. The molecule has 2 heterocycles. The highest BCUT2D eigenvalue weighted by Gasteiger charge is 2.14. The lowest BCUT2D eigenvalue weighted by atomic mass is 10.1. The fourth-order valence-electron chi connectivity index (χ4n) is 2.40. The number of hydrogen-bond acceptors (Lipinski definition) is 5. The summed E-state index contributed by atoms with van der Waals surface area (Å²) in [5, 5.41) is 16.6.